The van der Waals surface area contributed by atoms with E-state index in [1.807, 2.05) is 0 Å². The van der Waals surface area contributed by atoms with Gasteiger partial charge in [-0.1, -0.05) is 38.4 Å². The number of aromatic nitrogens is 1. The van der Waals surface area contributed by atoms with Crippen LogP contribution < -0.4 is 0 Å². The Kier molecular flexibility index (Phi) is 3.21. The van der Waals surface area contributed by atoms with Gasteiger partial charge in [-0.3, -0.25) is 0 Å². The number of rotatable bonds is 2. The molecule has 110 valence electrons. The minimum absolute atomic E-state index is 0.00262. The van der Waals surface area contributed by atoms with Crippen molar-refractivity contribution in [2.24, 2.45) is 0 Å². The number of pyridine rings is 1. The normalized spacial score (nSPS) is 15.4. The molecule has 0 radical (unpaired) electrons. The molecule has 0 aliphatic heterocycles. The van der Waals surface area contributed by atoms with Crippen molar-refractivity contribution in [2.45, 2.75) is 44.9 Å². The number of carbonyl (C=O) groups is 1. The second kappa shape index (κ2) is 4.70. The van der Waals surface area contributed by atoms with E-state index in [9.17, 15) is 9.90 Å². The maximum Gasteiger partial charge on any atom is 0.354 e. The van der Waals surface area contributed by atoms with Gasteiger partial charge in [0.2, 0.25) is 0 Å². The summed E-state index contributed by atoms with van der Waals surface area (Å²) in [6.07, 6.45) is 2.43. The van der Waals surface area contributed by atoms with Gasteiger partial charge in [0, 0.05) is 5.39 Å². The first-order valence-electron chi connectivity index (χ1n) is 7.15. The Morgan fingerprint density at radius 2 is 1.95 bits per heavy atom. The van der Waals surface area contributed by atoms with E-state index in [4.69, 9.17) is 11.6 Å². The average Bonchev–Trinajstić information content (AvgIpc) is 3.20. The highest BCUT2D eigenvalue weighted by Crippen LogP contribution is 2.44. The van der Waals surface area contributed by atoms with Crippen molar-refractivity contribution in [1.82, 2.24) is 4.98 Å². The van der Waals surface area contributed by atoms with Gasteiger partial charge in [-0.25, -0.2) is 9.78 Å². The van der Waals surface area contributed by atoms with Crippen molar-refractivity contribution in [3.05, 3.63) is 40.0 Å². The highest BCUT2D eigenvalue weighted by molar-refractivity contribution is 6.35. The molecule has 0 amide bonds. The molecule has 21 heavy (non-hydrogen) atoms. The van der Waals surface area contributed by atoms with Gasteiger partial charge < -0.3 is 5.11 Å². The molecule has 2 aromatic rings. The Hall–Kier alpha value is -1.61. The average molecular weight is 304 g/mol. The number of hydrogen-bond acceptors (Lipinski definition) is 2. The van der Waals surface area contributed by atoms with Crippen molar-refractivity contribution >= 4 is 28.5 Å². The molecular weight excluding hydrogens is 286 g/mol. The van der Waals surface area contributed by atoms with E-state index in [0.717, 1.165) is 10.9 Å². The number of carboxylic acid groups (broad SMARTS) is 1. The Labute approximate surface area is 129 Å². The number of carboxylic acids is 1. The summed E-state index contributed by atoms with van der Waals surface area (Å²) in [6, 6.07) is 5.69. The largest absolute Gasteiger partial charge is 0.477 e. The van der Waals surface area contributed by atoms with Crippen molar-refractivity contribution in [3.63, 3.8) is 0 Å². The van der Waals surface area contributed by atoms with Crippen molar-refractivity contribution in [2.75, 3.05) is 0 Å². The van der Waals surface area contributed by atoms with Crippen molar-refractivity contribution in [3.8, 4) is 0 Å². The van der Waals surface area contributed by atoms with E-state index >= 15 is 0 Å². The predicted molar refractivity (Wildman–Crippen MR) is 84.4 cm³/mol. The molecule has 0 bridgehead atoms. The van der Waals surface area contributed by atoms with Crippen LogP contribution in [0.2, 0.25) is 5.02 Å². The number of nitrogens with zero attached hydrogens (tertiary/aromatic N) is 1. The van der Waals surface area contributed by atoms with Crippen LogP contribution >= 0.6 is 11.6 Å². The molecule has 0 spiro atoms. The maximum atomic E-state index is 11.2. The molecule has 1 aliphatic rings. The number of fused-ring (bicyclic) bond motifs is 1. The highest BCUT2D eigenvalue weighted by atomic mass is 35.5. The summed E-state index contributed by atoms with van der Waals surface area (Å²) in [6.45, 7) is 6.34. The van der Waals surface area contributed by atoms with Crippen LogP contribution in [-0.2, 0) is 5.41 Å². The Morgan fingerprint density at radius 3 is 2.48 bits per heavy atom. The van der Waals surface area contributed by atoms with Gasteiger partial charge in [-0.15, -0.1) is 0 Å². The first-order valence-corrected chi connectivity index (χ1v) is 7.53. The summed E-state index contributed by atoms with van der Waals surface area (Å²) in [5, 5.41) is 10.5. The minimum Gasteiger partial charge on any atom is -0.477 e. The summed E-state index contributed by atoms with van der Waals surface area (Å²) >= 11 is 6.32. The van der Waals surface area contributed by atoms with E-state index in [-0.39, 0.29) is 11.1 Å². The molecule has 3 rings (SSSR count). The van der Waals surface area contributed by atoms with Gasteiger partial charge >= 0.3 is 5.97 Å². The number of benzene rings is 1. The van der Waals surface area contributed by atoms with Crippen molar-refractivity contribution < 1.29 is 9.90 Å². The molecule has 0 unspecified atom stereocenters. The summed E-state index contributed by atoms with van der Waals surface area (Å²) in [5.74, 6) is -0.435. The highest BCUT2D eigenvalue weighted by Gasteiger charge is 2.28. The van der Waals surface area contributed by atoms with E-state index in [2.05, 4.69) is 37.9 Å². The lowest BCUT2D eigenvalue weighted by atomic mass is 9.83. The molecule has 1 aromatic heterocycles. The summed E-state index contributed by atoms with van der Waals surface area (Å²) in [4.78, 5) is 15.6. The Bertz CT molecular complexity index is 743. The van der Waals surface area contributed by atoms with Crippen LogP contribution in [0.15, 0.2) is 18.2 Å². The van der Waals surface area contributed by atoms with E-state index in [1.165, 1.54) is 24.5 Å². The fourth-order valence-corrected chi connectivity index (χ4v) is 2.89. The topological polar surface area (TPSA) is 50.2 Å². The number of aromatic carboxylic acids is 1. The second-order valence-corrected chi connectivity index (χ2v) is 7.19. The lowest BCUT2D eigenvalue weighted by Crippen LogP contribution is -2.14. The molecule has 1 aliphatic carbocycles. The second-order valence-electron chi connectivity index (χ2n) is 6.78. The SMILES string of the molecule is CC(C)(C)c1cc(C2CC2)cc2c(Cl)cc(C(=O)O)nc12. The zero-order valence-corrected chi connectivity index (χ0v) is 13.2. The summed E-state index contributed by atoms with van der Waals surface area (Å²) in [5.41, 5.74) is 2.94. The van der Waals surface area contributed by atoms with Gasteiger partial charge in [0.25, 0.3) is 0 Å². The molecule has 1 aromatic carbocycles. The monoisotopic (exact) mass is 303 g/mol. The van der Waals surface area contributed by atoms with Crippen molar-refractivity contribution in [1.29, 1.82) is 0 Å². The predicted octanol–water partition coefficient (Wildman–Crippen LogP) is 4.76. The van der Waals surface area contributed by atoms with E-state index < -0.39 is 5.97 Å². The van der Waals surface area contributed by atoms with Crippen LogP contribution in [0, 0.1) is 0 Å². The zero-order valence-electron chi connectivity index (χ0n) is 12.4. The molecule has 1 saturated carbocycles. The van der Waals surface area contributed by atoms with E-state index in [1.54, 1.807) is 0 Å². The quantitative estimate of drug-likeness (QED) is 0.870. The fraction of sp³-hybridized carbons (Fsp3) is 0.412. The summed E-state index contributed by atoms with van der Waals surface area (Å²) < 4.78 is 0. The lowest BCUT2D eigenvalue weighted by molar-refractivity contribution is 0.0691. The number of halogens is 1. The molecule has 1 N–H and O–H groups in total. The van der Waals surface area contributed by atoms with Gasteiger partial charge in [0.05, 0.1) is 10.5 Å². The molecular formula is C17H18ClNO2. The van der Waals surface area contributed by atoms with Crippen LogP contribution in [0.5, 0.6) is 0 Å². The standard InChI is InChI=1S/C17H18ClNO2/c1-17(2,3)12-7-10(9-4-5-9)6-11-13(18)8-14(16(20)21)19-15(11)12/h6-9H,4-5H2,1-3H3,(H,20,21). The third kappa shape index (κ3) is 2.62. The molecule has 0 saturated heterocycles. The maximum absolute atomic E-state index is 11.2. The molecule has 4 heteroatoms. The van der Waals surface area contributed by atoms with Crippen LogP contribution in [-0.4, -0.2) is 16.1 Å². The Morgan fingerprint density at radius 1 is 1.29 bits per heavy atom. The van der Waals surface area contributed by atoms with Gasteiger partial charge in [0.1, 0.15) is 5.69 Å². The van der Waals surface area contributed by atoms with Crippen LogP contribution in [0.4, 0.5) is 0 Å². The fourth-order valence-electron chi connectivity index (χ4n) is 2.64. The first kappa shape index (κ1) is 14.3. The van der Waals surface area contributed by atoms with Crippen LogP contribution in [0.3, 0.4) is 0 Å². The molecule has 0 atom stereocenters. The van der Waals surface area contributed by atoms with Gasteiger partial charge in [-0.05, 0) is 47.4 Å². The molecule has 1 heterocycles. The lowest BCUT2D eigenvalue weighted by Gasteiger charge is -2.22. The smallest absolute Gasteiger partial charge is 0.354 e. The van der Waals surface area contributed by atoms with Gasteiger partial charge in [-0.2, -0.15) is 0 Å². The van der Waals surface area contributed by atoms with Gasteiger partial charge in [0.15, 0.2) is 0 Å². The van der Waals surface area contributed by atoms with E-state index in [0.29, 0.717) is 16.5 Å². The molecule has 1 fully saturated rings. The van der Waals surface area contributed by atoms with Crippen LogP contribution in [0.1, 0.15) is 61.1 Å². The third-order valence-corrected chi connectivity index (χ3v) is 4.27. The van der Waals surface area contributed by atoms with Crippen LogP contribution in [0.25, 0.3) is 10.9 Å². The molecule has 3 nitrogen and oxygen atoms in total. The first-order chi connectivity index (χ1) is 9.77. The minimum atomic E-state index is -1.05. The Balaban J connectivity index is 2.36. The third-order valence-electron chi connectivity index (χ3n) is 3.96. The zero-order chi connectivity index (χ0) is 15.4. The number of hydrogen-bond donors (Lipinski definition) is 1. The summed E-state index contributed by atoms with van der Waals surface area (Å²) in [7, 11) is 0.